The highest BCUT2D eigenvalue weighted by Gasteiger charge is 2.41. The van der Waals surface area contributed by atoms with Gasteiger partial charge in [-0.3, -0.25) is 9.59 Å². The van der Waals surface area contributed by atoms with Crippen LogP contribution in [-0.2, 0) is 33.7 Å². The molecule has 2 heterocycles. The van der Waals surface area contributed by atoms with Crippen LogP contribution in [0.4, 0.5) is 13.2 Å². The van der Waals surface area contributed by atoms with Gasteiger partial charge in [-0.25, -0.2) is 0 Å². The third-order valence-corrected chi connectivity index (χ3v) is 8.47. The van der Waals surface area contributed by atoms with Gasteiger partial charge in [-0.05, 0) is 50.6 Å². The Morgan fingerprint density at radius 3 is 2.70 bits per heavy atom. The minimum absolute atomic E-state index is 0.0975. The van der Waals surface area contributed by atoms with E-state index in [4.69, 9.17) is 16.3 Å². The Morgan fingerprint density at radius 2 is 2.00 bits per heavy atom. The molecule has 13 heteroatoms. The third kappa shape index (κ3) is 7.41. The van der Waals surface area contributed by atoms with Gasteiger partial charge in [0.2, 0.25) is 11.8 Å². The predicted molar refractivity (Wildman–Crippen MR) is 145 cm³/mol. The highest BCUT2D eigenvalue weighted by atomic mass is 35.5. The maximum atomic E-state index is 13.3. The van der Waals surface area contributed by atoms with Crippen LogP contribution < -0.4 is 20.7 Å². The molecule has 3 atom stereocenters. The number of piperazine rings is 1. The third-order valence-electron chi connectivity index (χ3n) is 6.60. The van der Waals surface area contributed by atoms with Gasteiger partial charge >= 0.3 is 6.18 Å². The Morgan fingerprint density at radius 1 is 1.25 bits per heavy atom. The average Bonchev–Trinajstić information content (AvgIpc) is 2.88. The van der Waals surface area contributed by atoms with Crippen molar-refractivity contribution in [1.82, 2.24) is 20.3 Å². The zero-order chi connectivity index (χ0) is 29.2. The summed E-state index contributed by atoms with van der Waals surface area (Å²) in [4.78, 5) is 25.8. The first-order valence-electron chi connectivity index (χ1n) is 12.9. The van der Waals surface area contributed by atoms with Gasteiger partial charge in [-0.2, -0.15) is 13.2 Å². The standard InChI is InChI=1S/C27H32ClF3N4O4S/c1-26(2,3)33-15-16-11-23-19(13-20(16)28)21(7-10-39-23)34-24(36)14-22-25(37)32-8-9-35(22)40(38)18-6-4-5-17(12-18)27(29,30)31/h4-6,11-13,21-22,33H,7-10,14-15H2,1-3H3,(H,32,37)(H,34,36)/t21-,22?,40?/m1/s1. The van der Waals surface area contributed by atoms with Gasteiger partial charge in [-0.1, -0.05) is 17.7 Å². The molecule has 0 aliphatic carbocycles. The van der Waals surface area contributed by atoms with Crippen molar-refractivity contribution in [2.75, 3.05) is 19.7 Å². The number of hydrogen-bond acceptors (Lipinski definition) is 6. The summed E-state index contributed by atoms with van der Waals surface area (Å²) < 4.78 is 60.0. The van der Waals surface area contributed by atoms with Crippen molar-refractivity contribution in [2.24, 2.45) is 0 Å². The lowest BCUT2D eigenvalue weighted by Crippen LogP contribution is -2.58. The molecule has 2 aliphatic heterocycles. The van der Waals surface area contributed by atoms with Crippen LogP contribution in [0.3, 0.4) is 0 Å². The number of carbonyl (C=O) groups excluding carboxylic acids is 2. The molecule has 1 saturated heterocycles. The number of fused-ring (bicyclic) bond motifs is 1. The molecule has 40 heavy (non-hydrogen) atoms. The van der Waals surface area contributed by atoms with Gasteiger partial charge in [0.25, 0.3) is 0 Å². The van der Waals surface area contributed by atoms with E-state index in [9.17, 15) is 27.3 Å². The number of benzene rings is 2. The summed E-state index contributed by atoms with van der Waals surface area (Å²) in [5.74, 6) is -0.386. The molecule has 8 nitrogen and oxygen atoms in total. The lowest BCUT2D eigenvalue weighted by atomic mass is 9.97. The fourth-order valence-electron chi connectivity index (χ4n) is 4.53. The molecule has 0 radical (unpaired) electrons. The summed E-state index contributed by atoms with van der Waals surface area (Å²) in [5, 5.41) is 9.48. The highest BCUT2D eigenvalue weighted by Crippen LogP contribution is 2.37. The number of nitrogens with zero attached hydrogens (tertiary/aromatic N) is 1. The summed E-state index contributed by atoms with van der Waals surface area (Å²) in [7, 11) is 0. The van der Waals surface area contributed by atoms with E-state index in [1.54, 1.807) is 6.07 Å². The fraction of sp³-hybridized carbons (Fsp3) is 0.481. The van der Waals surface area contributed by atoms with Gasteiger partial charge in [0.1, 0.15) is 11.8 Å². The molecule has 4 rings (SSSR count). The van der Waals surface area contributed by atoms with Gasteiger partial charge in [0, 0.05) is 41.7 Å². The van der Waals surface area contributed by atoms with Crippen LogP contribution in [0.25, 0.3) is 0 Å². The number of alkyl halides is 3. The molecule has 2 aliphatic rings. The molecule has 2 amide bonds. The van der Waals surface area contributed by atoms with E-state index >= 15 is 0 Å². The normalized spacial score (nSPS) is 20.8. The Bertz CT molecular complexity index is 1260. The van der Waals surface area contributed by atoms with Crippen molar-refractivity contribution < 1.29 is 32.0 Å². The smallest absolute Gasteiger partial charge is 0.416 e. The maximum absolute atomic E-state index is 13.3. The van der Waals surface area contributed by atoms with E-state index < -0.39 is 47.0 Å². The van der Waals surface area contributed by atoms with E-state index in [0.717, 1.165) is 17.7 Å². The first kappa shape index (κ1) is 30.4. The van der Waals surface area contributed by atoms with E-state index in [2.05, 4.69) is 16.0 Å². The number of hydrogen-bond donors (Lipinski definition) is 3. The van der Waals surface area contributed by atoms with Crippen molar-refractivity contribution >= 4 is 34.8 Å². The number of rotatable bonds is 7. The minimum Gasteiger partial charge on any atom is -0.593 e. The van der Waals surface area contributed by atoms with Crippen LogP contribution >= 0.6 is 11.6 Å². The van der Waals surface area contributed by atoms with E-state index in [1.165, 1.54) is 16.4 Å². The number of amides is 2. The summed E-state index contributed by atoms with van der Waals surface area (Å²) in [6.45, 7) is 7.29. The molecule has 2 aromatic carbocycles. The average molecular weight is 601 g/mol. The van der Waals surface area contributed by atoms with Crippen LogP contribution in [0, 0.1) is 0 Å². The summed E-state index contributed by atoms with van der Waals surface area (Å²) in [6.07, 6.45) is -4.46. The first-order chi connectivity index (χ1) is 18.7. The lowest BCUT2D eigenvalue weighted by molar-refractivity contribution is -0.137. The molecule has 0 spiro atoms. The second kappa shape index (κ2) is 12.2. The molecule has 0 bridgehead atoms. The maximum Gasteiger partial charge on any atom is 0.416 e. The van der Waals surface area contributed by atoms with Crippen molar-refractivity contribution in [1.29, 1.82) is 0 Å². The van der Waals surface area contributed by atoms with Gasteiger partial charge in [0.15, 0.2) is 4.90 Å². The number of nitrogens with one attached hydrogen (secondary N) is 3. The zero-order valence-electron chi connectivity index (χ0n) is 22.4. The summed E-state index contributed by atoms with van der Waals surface area (Å²) in [6, 6.07) is 6.23. The quantitative estimate of drug-likeness (QED) is 0.413. The molecular formula is C27H32ClF3N4O4S. The Hall–Kier alpha value is -2.51. The monoisotopic (exact) mass is 600 g/mol. The predicted octanol–water partition coefficient (Wildman–Crippen LogP) is 4.10. The second-order valence-electron chi connectivity index (χ2n) is 10.8. The van der Waals surface area contributed by atoms with Crippen LogP contribution in [0.2, 0.25) is 5.02 Å². The highest BCUT2D eigenvalue weighted by molar-refractivity contribution is 7.89. The molecule has 3 N–H and O–H groups in total. The molecule has 218 valence electrons. The van der Waals surface area contributed by atoms with Gasteiger partial charge in [0.05, 0.1) is 42.5 Å². The molecule has 0 saturated carbocycles. The number of ether oxygens (including phenoxy) is 1. The molecule has 1 fully saturated rings. The minimum atomic E-state index is -4.61. The SMILES string of the molecule is CC(C)(C)NCc1cc2c(cc1Cl)[C@H](NC(=O)CC1C(=O)NCCN1[S+]([O-])c1cccc(C(F)(F)F)c1)CCO2. The van der Waals surface area contributed by atoms with Crippen molar-refractivity contribution in [2.45, 2.75) is 68.9 Å². The van der Waals surface area contributed by atoms with Crippen molar-refractivity contribution in [3.63, 3.8) is 0 Å². The van der Waals surface area contributed by atoms with E-state index in [0.29, 0.717) is 35.9 Å². The number of halogens is 4. The molecule has 2 unspecified atom stereocenters. The van der Waals surface area contributed by atoms with Crippen LogP contribution in [0.15, 0.2) is 41.3 Å². The lowest BCUT2D eigenvalue weighted by Gasteiger charge is -2.34. The largest absolute Gasteiger partial charge is 0.593 e. The first-order valence-corrected chi connectivity index (χ1v) is 14.3. The number of carbonyl (C=O) groups is 2. The van der Waals surface area contributed by atoms with Crippen LogP contribution in [0.1, 0.15) is 56.3 Å². The van der Waals surface area contributed by atoms with Crippen LogP contribution in [-0.4, -0.2) is 51.9 Å². The topological polar surface area (TPSA) is 106 Å². The molecule has 2 aromatic rings. The van der Waals surface area contributed by atoms with Gasteiger partial charge < -0.3 is 25.2 Å². The van der Waals surface area contributed by atoms with Crippen LogP contribution in [0.5, 0.6) is 5.75 Å². The Balaban J connectivity index is 1.48. The van der Waals surface area contributed by atoms with Crippen molar-refractivity contribution in [3.8, 4) is 5.75 Å². The Kier molecular flexibility index (Phi) is 9.25. The molecular weight excluding hydrogens is 569 g/mol. The van der Waals surface area contributed by atoms with Gasteiger partial charge in [-0.15, -0.1) is 4.31 Å². The van der Waals surface area contributed by atoms with E-state index in [1.807, 2.05) is 26.8 Å². The summed E-state index contributed by atoms with van der Waals surface area (Å²) in [5.41, 5.74) is 0.513. The second-order valence-corrected chi connectivity index (χ2v) is 12.6. The van der Waals surface area contributed by atoms with Crippen molar-refractivity contribution in [3.05, 3.63) is 58.1 Å². The Labute approximate surface area is 239 Å². The van der Waals surface area contributed by atoms with E-state index in [-0.39, 0.29) is 29.9 Å². The fourth-order valence-corrected chi connectivity index (χ4v) is 6.12. The zero-order valence-corrected chi connectivity index (χ0v) is 23.9. The molecule has 0 aromatic heterocycles. The summed E-state index contributed by atoms with van der Waals surface area (Å²) >= 11 is 4.46.